The van der Waals surface area contributed by atoms with Gasteiger partial charge < -0.3 is 11.1 Å². The fraction of sp³-hybridized carbons (Fsp3) is 0.500. The summed E-state index contributed by atoms with van der Waals surface area (Å²) in [5, 5.41) is 3.14. The first-order valence-electron chi connectivity index (χ1n) is 7.21. The Bertz CT molecular complexity index is 498. The van der Waals surface area contributed by atoms with Gasteiger partial charge in [-0.3, -0.25) is 4.79 Å². The predicted molar refractivity (Wildman–Crippen MR) is 85.6 cm³/mol. The third-order valence-corrected chi connectivity index (χ3v) is 4.89. The van der Waals surface area contributed by atoms with Crippen molar-refractivity contribution in [1.82, 2.24) is 5.32 Å². The smallest absolute Gasteiger partial charge is 0.233 e. The molecule has 3 N–H and O–H groups in total. The molecule has 0 fully saturated rings. The number of nitrogens with two attached hydrogens (primary N) is 1. The summed E-state index contributed by atoms with van der Waals surface area (Å²) in [5.41, 5.74) is 7.77. The van der Waals surface area contributed by atoms with Gasteiger partial charge in [0.05, 0.1) is 10.4 Å². The maximum atomic E-state index is 12.6. The molecule has 0 unspecified atom stereocenters. The number of amides is 1. The van der Waals surface area contributed by atoms with Crippen LogP contribution in [0.15, 0.2) is 24.3 Å². The van der Waals surface area contributed by atoms with Crippen molar-refractivity contribution in [3.8, 4) is 0 Å². The van der Waals surface area contributed by atoms with Gasteiger partial charge in [0.2, 0.25) is 5.91 Å². The van der Waals surface area contributed by atoms with Gasteiger partial charge in [0.15, 0.2) is 0 Å². The van der Waals surface area contributed by atoms with Crippen molar-refractivity contribution < 1.29 is 4.79 Å². The number of hydrogen-bond donors (Lipinski definition) is 2. The molecule has 1 aliphatic carbocycles. The minimum atomic E-state index is -0.704. The highest BCUT2D eigenvalue weighted by molar-refractivity contribution is 7.80. The molecule has 20 heavy (non-hydrogen) atoms. The zero-order chi connectivity index (χ0) is 14.8. The van der Waals surface area contributed by atoms with Crippen LogP contribution in [0.3, 0.4) is 0 Å². The molecule has 1 aliphatic rings. The number of thiocarbonyl (C=S) groups is 1. The molecule has 0 atom stereocenters. The Balaban J connectivity index is 2.08. The van der Waals surface area contributed by atoms with E-state index in [1.54, 1.807) is 0 Å². The topological polar surface area (TPSA) is 55.1 Å². The monoisotopic (exact) mass is 290 g/mol. The molecule has 0 saturated heterocycles. The molecule has 4 heteroatoms. The van der Waals surface area contributed by atoms with Gasteiger partial charge in [0.25, 0.3) is 0 Å². The quantitative estimate of drug-likeness (QED) is 0.819. The van der Waals surface area contributed by atoms with E-state index < -0.39 is 5.41 Å². The summed E-state index contributed by atoms with van der Waals surface area (Å²) in [5.74, 6) is -0.0205. The zero-order valence-electron chi connectivity index (χ0n) is 12.1. The van der Waals surface area contributed by atoms with E-state index >= 15 is 0 Å². The first-order valence-corrected chi connectivity index (χ1v) is 7.62. The molecule has 1 amide bonds. The average Bonchev–Trinajstić information content (AvgIpc) is 2.82. The highest BCUT2D eigenvalue weighted by atomic mass is 32.1. The van der Waals surface area contributed by atoms with Crippen molar-refractivity contribution in [1.29, 1.82) is 0 Å². The van der Waals surface area contributed by atoms with Crippen LogP contribution in [0.1, 0.15) is 37.8 Å². The van der Waals surface area contributed by atoms with Crippen LogP contribution >= 0.6 is 12.2 Å². The van der Waals surface area contributed by atoms with Crippen molar-refractivity contribution in [2.45, 2.75) is 45.6 Å². The van der Waals surface area contributed by atoms with Crippen LogP contribution in [-0.4, -0.2) is 16.9 Å². The number of hydrogen-bond acceptors (Lipinski definition) is 2. The minimum Gasteiger partial charge on any atom is -0.392 e. The number of benzene rings is 1. The fourth-order valence-electron chi connectivity index (χ4n) is 3.02. The van der Waals surface area contributed by atoms with E-state index in [1.165, 1.54) is 11.1 Å². The first kappa shape index (κ1) is 15.0. The maximum absolute atomic E-state index is 12.6. The van der Waals surface area contributed by atoms with E-state index in [9.17, 15) is 4.79 Å². The van der Waals surface area contributed by atoms with Gasteiger partial charge >= 0.3 is 0 Å². The highest BCUT2D eigenvalue weighted by Gasteiger charge is 2.39. The van der Waals surface area contributed by atoms with Gasteiger partial charge in [-0.25, -0.2) is 0 Å². The van der Waals surface area contributed by atoms with Crippen molar-refractivity contribution in [3.63, 3.8) is 0 Å². The second-order valence-electron chi connectivity index (χ2n) is 5.50. The van der Waals surface area contributed by atoms with Gasteiger partial charge in [-0.2, -0.15) is 0 Å². The number of carbonyl (C=O) groups is 1. The minimum absolute atomic E-state index is 0.0205. The second-order valence-corrected chi connectivity index (χ2v) is 5.94. The average molecular weight is 290 g/mol. The molecule has 3 nitrogen and oxygen atoms in total. The first-order chi connectivity index (χ1) is 9.53. The maximum Gasteiger partial charge on any atom is 0.233 e. The van der Waals surface area contributed by atoms with Crippen LogP contribution in [0.5, 0.6) is 0 Å². The van der Waals surface area contributed by atoms with Crippen LogP contribution in [-0.2, 0) is 17.6 Å². The van der Waals surface area contributed by atoms with Gasteiger partial charge in [-0.1, -0.05) is 50.3 Å². The summed E-state index contributed by atoms with van der Waals surface area (Å²) in [4.78, 5) is 12.9. The van der Waals surface area contributed by atoms with Crippen LogP contribution in [0.4, 0.5) is 0 Å². The molecule has 2 rings (SSSR count). The molecular formula is C16H22N2OS. The van der Waals surface area contributed by atoms with Crippen molar-refractivity contribution >= 4 is 23.1 Å². The largest absolute Gasteiger partial charge is 0.392 e. The molecule has 108 valence electrons. The van der Waals surface area contributed by atoms with Crippen LogP contribution < -0.4 is 11.1 Å². The summed E-state index contributed by atoms with van der Waals surface area (Å²) >= 11 is 5.13. The molecule has 1 aromatic rings. The summed E-state index contributed by atoms with van der Waals surface area (Å²) in [7, 11) is 0. The number of carbonyl (C=O) groups excluding carboxylic acids is 1. The predicted octanol–water partition coefficient (Wildman–Crippen LogP) is 2.36. The summed E-state index contributed by atoms with van der Waals surface area (Å²) in [6.07, 6.45) is 3.07. The lowest BCUT2D eigenvalue weighted by atomic mass is 9.81. The Morgan fingerprint density at radius 1 is 1.30 bits per heavy atom. The van der Waals surface area contributed by atoms with E-state index in [1.807, 2.05) is 26.0 Å². The molecule has 0 aliphatic heterocycles. The van der Waals surface area contributed by atoms with Gasteiger partial charge in [-0.15, -0.1) is 0 Å². The lowest BCUT2D eigenvalue weighted by Gasteiger charge is -2.30. The van der Waals surface area contributed by atoms with E-state index in [0.29, 0.717) is 17.8 Å². The summed E-state index contributed by atoms with van der Waals surface area (Å²) in [6.45, 7) is 3.93. The van der Waals surface area contributed by atoms with Gasteiger partial charge in [0.1, 0.15) is 0 Å². The molecule has 0 heterocycles. The van der Waals surface area contributed by atoms with E-state index in [0.717, 1.165) is 12.8 Å². The number of nitrogens with one attached hydrogen (secondary N) is 1. The van der Waals surface area contributed by atoms with Crippen LogP contribution in [0, 0.1) is 5.41 Å². The molecule has 0 radical (unpaired) electrons. The Labute approximate surface area is 125 Å². The highest BCUT2D eigenvalue weighted by Crippen LogP contribution is 2.29. The SMILES string of the molecule is CCC(CC)(C(=O)NC1Cc2ccccc2C1)C(N)=S. The normalized spacial score (nSPS) is 14.9. The molecule has 0 aromatic heterocycles. The third kappa shape index (κ3) is 2.57. The lowest BCUT2D eigenvalue weighted by Crippen LogP contribution is -2.51. The van der Waals surface area contributed by atoms with Crippen molar-refractivity contribution in [3.05, 3.63) is 35.4 Å². The molecule has 0 saturated carbocycles. The van der Waals surface area contributed by atoms with Gasteiger partial charge in [-0.05, 0) is 36.8 Å². The van der Waals surface area contributed by atoms with Crippen LogP contribution in [0.2, 0.25) is 0 Å². The summed E-state index contributed by atoms with van der Waals surface area (Å²) in [6, 6.07) is 8.50. The Morgan fingerprint density at radius 2 is 1.80 bits per heavy atom. The van der Waals surface area contributed by atoms with Crippen molar-refractivity contribution in [2.75, 3.05) is 0 Å². The molecule has 0 bridgehead atoms. The summed E-state index contributed by atoms with van der Waals surface area (Å²) < 4.78 is 0. The number of rotatable bonds is 5. The standard InChI is InChI=1S/C16H22N2OS/c1-3-16(4-2,14(17)20)15(19)18-13-9-11-7-5-6-8-12(11)10-13/h5-8,13H,3-4,9-10H2,1-2H3,(H2,17,20)(H,18,19). The Kier molecular flexibility index (Phi) is 4.43. The second kappa shape index (κ2) is 5.92. The number of fused-ring (bicyclic) bond motifs is 1. The lowest BCUT2D eigenvalue weighted by molar-refractivity contribution is -0.128. The van der Waals surface area contributed by atoms with Gasteiger partial charge in [0, 0.05) is 6.04 Å². The Hall–Kier alpha value is -1.42. The van der Waals surface area contributed by atoms with E-state index in [-0.39, 0.29) is 11.9 Å². The van der Waals surface area contributed by atoms with E-state index in [2.05, 4.69) is 17.4 Å². The molecule has 0 spiro atoms. The molecule has 1 aromatic carbocycles. The molecular weight excluding hydrogens is 268 g/mol. The Morgan fingerprint density at radius 3 is 2.20 bits per heavy atom. The van der Waals surface area contributed by atoms with Crippen molar-refractivity contribution in [2.24, 2.45) is 11.1 Å². The zero-order valence-corrected chi connectivity index (χ0v) is 12.9. The van der Waals surface area contributed by atoms with E-state index in [4.69, 9.17) is 18.0 Å². The fourth-order valence-corrected chi connectivity index (χ4v) is 3.40. The van der Waals surface area contributed by atoms with Crippen LogP contribution in [0.25, 0.3) is 0 Å². The third-order valence-electron chi connectivity index (χ3n) is 4.50.